The first kappa shape index (κ1) is 21.9. The molecule has 0 spiro atoms. The van der Waals surface area contributed by atoms with Crippen molar-refractivity contribution in [3.63, 3.8) is 0 Å². The van der Waals surface area contributed by atoms with Crippen molar-refractivity contribution in [1.82, 2.24) is 15.1 Å². The Bertz CT molecular complexity index is 843. The number of likely N-dealkylation sites (N-methyl/N-ethyl adjacent to an activating group) is 1. The van der Waals surface area contributed by atoms with E-state index in [9.17, 15) is 19.2 Å². The minimum absolute atomic E-state index is 0.0744. The molecule has 2 heterocycles. The van der Waals surface area contributed by atoms with Gasteiger partial charge in [0.25, 0.3) is 11.8 Å². The van der Waals surface area contributed by atoms with Crippen LogP contribution >= 0.6 is 0 Å². The lowest BCUT2D eigenvalue weighted by atomic mass is 10.0. The third-order valence-electron chi connectivity index (χ3n) is 5.04. The molecule has 162 valence electrons. The van der Waals surface area contributed by atoms with Crippen molar-refractivity contribution in [3.8, 4) is 5.75 Å². The van der Waals surface area contributed by atoms with Crippen LogP contribution in [0.25, 0.3) is 0 Å². The molecule has 10 heteroatoms. The summed E-state index contributed by atoms with van der Waals surface area (Å²) in [4.78, 5) is 52.2. The van der Waals surface area contributed by atoms with Gasteiger partial charge in [-0.15, -0.1) is 0 Å². The van der Waals surface area contributed by atoms with Crippen LogP contribution in [0.5, 0.6) is 5.75 Å². The van der Waals surface area contributed by atoms with Crippen molar-refractivity contribution in [3.05, 3.63) is 29.3 Å². The summed E-state index contributed by atoms with van der Waals surface area (Å²) in [7, 11) is 1.96. The summed E-state index contributed by atoms with van der Waals surface area (Å²) in [5.41, 5.74) is 5.81. The van der Waals surface area contributed by atoms with Gasteiger partial charge in [0.1, 0.15) is 18.4 Å². The molecule has 3 N–H and O–H groups in total. The van der Waals surface area contributed by atoms with Gasteiger partial charge in [0.05, 0.1) is 24.3 Å². The minimum Gasteiger partial charge on any atom is -0.490 e. The van der Waals surface area contributed by atoms with E-state index in [0.717, 1.165) is 18.0 Å². The predicted octanol–water partition coefficient (Wildman–Crippen LogP) is -0.626. The largest absolute Gasteiger partial charge is 0.490 e. The Labute approximate surface area is 174 Å². The number of nitrogens with zero attached hydrogens (tertiary/aromatic N) is 2. The Balaban J connectivity index is 1.60. The number of amides is 4. The maximum absolute atomic E-state index is 12.9. The van der Waals surface area contributed by atoms with Gasteiger partial charge in [-0.05, 0) is 25.6 Å². The van der Waals surface area contributed by atoms with Crippen LogP contribution in [-0.4, -0.2) is 86.0 Å². The van der Waals surface area contributed by atoms with Crippen LogP contribution < -0.4 is 15.8 Å². The average Bonchev–Trinajstić information content (AvgIpc) is 2.96. The van der Waals surface area contributed by atoms with Gasteiger partial charge in [0.2, 0.25) is 11.8 Å². The van der Waals surface area contributed by atoms with Crippen molar-refractivity contribution in [2.24, 2.45) is 5.73 Å². The lowest BCUT2D eigenvalue weighted by Gasteiger charge is -2.27. The van der Waals surface area contributed by atoms with Gasteiger partial charge >= 0.3 is 0 Å². The number of rotatable bonds is 10. The number of nitrogens with one attached hydrogen (secondary N) is 1. The molecule has 0 bridgehead atoms. The molecule has 0 aliphatic carbocycles. The number of nitrogens with two attached hydrogens (primary N) is 1. The van der Waals surface area contributed by atoms with Gasteiger partial charge in [-0.1, -0.05) is 6.07 Å². The quantitative estimate of drug-likeness (QED) is 0.379. The number of hydrogen-bond donors (Lipinski definition) is 2. The lowest BCUT2D eigenvalue weighted by molar-refractivity contribution is -0.136. The summed E-state index contributed by atoms with van der Waals surface area (Å²) in [5, 5.41) is 2.18. The SMILES string of the molecule is CN(CCN)CCOCCOc1cccc2c1C(=O)N(C1CCC(=O)NC1=O)C2=O. The molecule has 1 aromatic carbocycles. The van der Waals surface area contributed by atoms with E-state index >= 15 is 0 Å². The highest BCUT2D eigenvalue weighted by molar-refractivity contribution is 6.24. The number of benzene rings is 1. The fourth-order valence-corrected chi connectivity index (χ4v) is 3.47. The van der Waals surface area contributed by atoms with Gasteiger partial charge in [-0.3, -0.25) is 29.4 Å². The van der Waals surface area contributed by atoms with Crippen LogP contribution in [-0.2, 0) is 14.3 Å². The fourth-order valence-electron chi connectivity index (χ4n) is 3.47. The highest BCUT2D eigenvalue weighted by Crippen LogP contribution is 2.33. The van der Waals surface area contributed by atoms with Gasteiger partial charge in [0.15, 0.2) is 0 Å². The third-order valence-corrected chi connectivity index (χ3v) is 5.04. The molecule has 30 heavy (non-hydrogen) atoms. The molecule has 10 nitrogen and oxygen atoms in total. The molecule has 4 amide bonds. The zero-order valence-corrected chi connectivity index (χ0v) is 16.9. The molecule has 1 atom stereocenters. The van der Waals surface area contributed by atoms with Crippen LogP contribution in [0.3, 0.4) is 0 Å². The highest BCUT2D eigenvalue weighted by atomic mass is 16.5. The zero-order valence-electron chi connectivity index (χ0n) is 16.9. The second kappa shape index (κ2) is 9.79. The number of piperidine rings is 1. The van der Waals surface area contributed by atoms with Crippen LogP contribution in [0.15, 0.2) is 18.2 Å². The van der Waals surface area contributed by atoms with Gasteiger partial charge in [0, 0.05) is 26.1 Å². The van der Waals surface area contributed by atoms with E-state index in [2.05, 4.69) is 10.2 Å². The summed E-state index contributed by atoms with van der Waals surface area (Å²) in [6.45, 7) is 3.16. The summed E-state index contributed by atoms with van der Waals surface area (Å²) >= 11 is 0. The number of hydrogen-bond acceptors (Lipinski definition) is 8. The first-order valence-electron chi connectivity index (χ1n) is 9.87. The van der Waals surface area contributed by atoms with Crippen molar-refractivity contribution in [1.29, 1.82) is 0 Å². The molecule has 1 fully saturated rings. The van der Waals surface area contributed by atoms with Crippen molar-refractivity contribution in [2.45, 2.75) is 18.9 Å². The van der Waals surface area contributed by atoms with Crippen LogP contribution in [0.4, 0.5) is 0 Å². The molecule has 1 aromatic rings. The number of imide groups is 2. The maximum atomic E-state index is 12.9. The van der Waals surface area contributed by atoms with E-state index in [1.54, 1.807) is 12.1 Å². The summed E-state index contributed by atoms with van der Waals surface area (Å²) in [6, 6.07) is 3.75. The maximum Gasteiger partial charge on any atom is 0.266 e. The molecule has 3 rings (SSSR count). The molecule has 2 aliphatic rings. The molecule has 0 saturated carbocycles. The molecule has 2 aliphatic heterocycles. The number of ether oxygens (including phenoxy) is 2. The smallest absolute Gasteiger partial charge is 0.266 e. The number of fused-ring (bicyclic) bond motifs is 1. The van der Waals surface area contributed by atoms with E-state index in [1.165, 1.54) is 6.07 Å². The standard InChI is InChI=1S/C20H26N4O6/c1-23(8-7-21)9-10-29-11-12-30-15-4-2-3-13-17(15)20(28)24(19(13)27)14-5-6-16(25)22-18(14)26/h2-4,14H,5-12,21H2,1H3,(H,22,25,26). The third kappa shape index (κ3) is 4.66. The average molecular weight is 418 g/mol. The molecule has 0 radical (unpaired) electrons. The Kier molecular flexibility index (Phi) is 7.14. The number of carbonyl (C=O) groups excluding carboxylic acids is 4. The Morgan fingerprint density at radius 1 is 1.13 bits per heavy atom. The fraction of sp³-hybridized carbons (Fsp3) is 0.500. The minimum atomic E-state index is -1.00. The second-order valence-corrected chi connectivity index (χ2v) is 7.18. The van der Waals surface area contributed by atoms with E-state index < -0.39 is 29.7 Å². The van der Waals surface area contributed by atoms with Gasteiger partial charge < -0.3 is 20.1 Å². The predicted molar refractivity (Wildman–Crippen MR) is 106 cm³/mol. The second-order valence-electron chi connectivity index (χ2n) is 7.18. The van der Waals surface area contributed by atoms with Gasteiger partial charge in [-0.25, -0.2) is 0 Å². The molecule has 1 unspecified atom stereocenters. The van der Waals surface area contributed by atoms with Crippen molar-refractivity contribution < 1.29 is 28.7 Å². The van der Waals surface area contributed by atoms with Crippen LogP contribution in [0.1, 0.15) is 33.6 Å². The Morgan fingerprint density at radius 3 is 2.67 bits per heavy atom. The van der Waals surface area contributed by atoms with E-state index in [0.29, 0.717) is 19.8 Å². The Morgan fingerprint density at radius 2 is 1.93 bits per heavy atom. The highest BCUT2D eigenvalue weighted by Gasteiger charge is 2.45. The molecule has 0 aromatic heterocycles. The van der Waals surface area contributed by atoms with Crippen LogP contribution in [0.2, 0.25) is 0 Å². The Hall–Kier alpha value is -2.82. The normalized spacial score (nSPS) is 18.8. The molecular formula is C20H26N4O6. The summed E-state index contributed by atoms with van der Waals surface area (Å²) in [6.07, 6.45) is 0.184. The number of carbonyl (C=O) groups is 4. The summed E-state index contributed by atoms with van der Waals surface area (Å²) in [5.74, 6) is -1.94. The zero-order chi connectivity index (χ0) is 21.7. The van der Waals surface area contributed by atoms with Crippen molar-refractivity contribution in [2.75, 3.05) is 46.5 Å². The molecule has 1 saturated heterocycles. The van der Waals surface area contributed by atoms with E-state index in [1.807, 2.05) is 7.05 Å². The van der Waals surface area contributed by atoms with E-state index in [4.69, 9.17) is 15.2 Å². The van der Waals surface area contributed by atoms with E-state index in [-0.39, 0.29) is 36.3 Å². The molecular weight excluding hydrogens is 392 g/mol. The first-order chi connectivity index (χ1) is 14.4. The van der Waals surface area contributed by atoms with Crippen LogP contribution in [0, 0.1) is 0 Å². The summed E-state index contributed by atoms with van der Waals surface area (Å²) < 4.78 is 11.2. The van der Waals surface area contributed by atoms with Crippen molar-refractivity contribution >= 4 is 23.6 Å². The topological polar surface area (TPSA) is 131 Å². The van der Waals surface area contributed by atoms with Gasteiger partial charge in [-0.2, -0.15) is 0 Å². The first-order valence-corrected chi connectivity index (χ1v) is 9.87. The monoisotopic (exact) mass is 418 g/mol. The lowest BCUT2D eigenvalue weighted by Crippen LogP contribution is -2.54.